The maximum Gasteiger partial charge on any atom is 0.215 e. The van der Waals surface area contributed by atoms with E-state index < -0.39 is 10.0 Å². The minimum absolute atomic E-state index is 0.0439. The Balaban J connectivity index is 1.65. The van der Waals surface area contributed by atoms with Gasteiger partial charge in [-0.15, -0.1) is 0 Å². The maximum absolute atomic E-state index is 12.2. The smallest absolute Gasteiger partial charge is 0.214 e. The summed E-state index contributed by atoms with van der Waals surface area (Å²) >= 11 is 0. The molecule has 1 atom stereocenters. The van der Waals surface area contributed by atoms with E-state index in [9.17, 15) is 8.42 Å². The van der Waals surface area contributed by atoms with E-state index in [0.717, 1.165) is 24.8 Å². The van der Waals surface area contributed by atoms with E-state index in [0.29, 0.717) is 6.54 Å². The van der Waals surface area contributed by atoms with E-state index in [2.05, 4.69) is 22.9 Å². The van der Waals surface area contributed by atoms with Gasteiger partial charge in [-0.05, 0) is 41.9 Å². The summed E-state index contributed by atoms with van der Waals surface area (Å²) in [7, 11) is -3.29. The molecule has 0 spiro atoms. The number of hydrogen-bond acceptors (Lipinski definition) is 2. The van der Waals surface area contributed by atoms with Crippen molar-refractivity contribution in [1.82, 2.24) is 4.72 Å². The summed E-state index contributed by atoms with van der Waals surface area (Å²) in [5, 5.41) is 0. The van der Waals surface area contributed by atoms with E-state index >= 15 is 0 Å². The Morgan fingerprint density at radius 1 is 1.00 bits per heavy atom. The summed E-state index contributed by atoms with van der Waals surface area (Å²) < 4.78 is 27.3. The van der Waals surface area contributed by atoms with Crippen LogP contribution in [0.15, 0.2) is 54.6 Å². The first-order chi connectivity index (χ1) is 10.6. The second-order valence-corrected chi connectivity index (χ2v) is 7.69. The number of sulfonamides is 1. The Labute approximate surface area is 132 Å². The van der Waals surface area contributed by atoms with Crippen LogP contribution in [-0.2, 0) is 22.2 Å². The quantitative estimate of drug-likeness (QED) is 0.921. The molecule has 0 aliphatic heterocycles. The van der Waals surface area contributed by atoms with E-state index in [1.54, 1.807) is 0 Å². The first-order valence-electron chi connectivity index (χ1n) is 7.73. The van der Waals surface area contributed by atoms with Crippen molar-refractivity contribution in [2.24, 2.45) is 0 Å². The number of aryl methyl sites for hydroxylation is 1. The van der Waals surface area contributed by atoms with Crippen molar-refractivity contribution in [3.05, 3.63) is 71.3 Å². The highest BCUT2D eigenvalue weighted by Gasteiger charge is 2.21. The zero-order valence-corrected chi connectivity index (χ0v) is 13.4. The van der Waals surface area contributed by atoms with Crippen LogP contribution >= 0.6 is 0 Å². The molecule has 3 rings (SSSR count). The number of benzene rings is 2. The van der Waals surface area contributed by atoms with Crippen LogP contribution < -0.4 is 4.72 Å². The molecule has 4 heteroatoms. The average Bonchev–Trinajstić information content (AvgIpc) is 2.53. The molecule has 0 bridgehead atoms. The largest absolute Gasteiger partial charge is 0.215 e. The Hall–Kier alpha value is -1.65. The van der Waals surface area contributed by atoms with Gasteiger partial charge in [-0.25, -0.2) is 13.1 Å². The summed E-state index contributed by atoms with van der Waals surface area (Å²) in [6, 6.07) is 17.7. The van der Waals surface area contributed by atoms with Crippen LogP contribution in [0.1, 0.15) is 35.4 Å². The Bertz CT molecular complexity index is 726. The monoisotopic (exact) mass is 315 g/mol. The number of nitrogens with one attached hydrogen (secondary N) is 1. The highest BCUT2D eigenvalue weighted by Crippen LogP contribution is 2.30. The van der Waals surface area contributed by atoms with Crippen molar-refractivity contribution in [2.45, 2.75) is 30.9 Å². The number of fused-ring (bicyclic) bond motifs is 1. The molecule has 1 aliphatic carbocycles. The lowest BCUT2D eigenvalue weighted by molar-refractivity contribution is 0.528. The van der Waals surface area contributed by atoms with Gasteiger partial charge in [0.1, 0.15) is 0 Å². The minimum atomic E-state index is -3.29. The fraction of sp³-hybridized carbons (Fsp3) is 0.333. The van der Waals surface area contributed by atoms with E-state index in [1.165, 1.54) is 11.1 Å². The molecule has 0 aromatic heterocycles. The molecule has 0 heterocycles. The Morgan fingerprint density at radius 3 is 2.55 bits per heavy atom. The van der Waals surface area contributed by atoms with Crippen LogP contribution in [0.3, 0.4) is 0 Å². The maximum atomic E-state index is 12.2. The molecule has 3 nitrogen and oxygen atoms in total. The molecule has 0 fully saturated rings. The van der Waals surface area contributed by atoms with Crippen molar-refractivity contribution >= 4 is 10.0 Å². The first-order valence-corrected chi connectivity index (χ1v) is 9.38. The Kier molecular flexibility index (Phi) is 4.60. The van der Waals surface area contributed by atoms with Gasteiger partial charge >= 0.3 is 0 Å². The van der Waals surface area contributed by atoms with Crippen LogP contribution in [0.2, 0.25) is 0 Å². The van der Waals surface area contributed by atoms with Crippen LogP contribution in [0.4, 0.5) is 0 Å². The Morgan fingerprint density at radius 2 is 1.73 bits per heavy atom. The molecule has 1 N–H and O–H groups in total. The van der Waals surface area contributed by atoms with Gasteiger partial charge in [0.2, 0.25) is 10.0 Å². The summed E-state index contributed by atoms with van der Waals surface area (Å²) in [5.41, 5.74) is 3.48. The molecule has 116 valence electrons. The van der Waals surface area contributed by atoms with Crippen molar-refractivity contribution < 1.29 is 8.42 Å². The highest BCUT2D eigenvalue weighted by molar-refractivity contribution is 7.88. The molecular weight excluding hydrogens is 294 g/mol. The minimum Gasteiger partial charge on any atom is -0.214 e. The molecule has 2 aromatic carbocycles. The standard InChI is InChI=1S/C18H21NO2S/c20-22(21,14-15-7-2-1-3-8-15)19-13-17-11-6-10-16-9-4-5-12-18(16)17/h1-5,7-9,12,17,19H,6,10-11,13-14H2. The van der Waals surface area contributed by atoms with Gasteiger partial charge in [-0.3, -0.25) is 0 Å². The summed E-state index contributed by atoms with van der Waals surface area (Å²) in [5.74, 6) is 0.331. The fourth-order valence-corrected chi connectivity index (χ4v) is 4.33. The third kappa shape index (κ3) is 3.76. The van der Waals surface area contributed by atoms with Crippen molar-refractivity contribution in [2.75, 3.05) is 6.54 Å². The lowest BCUT2D eigenvalue weighted by Crippen LogP contribution is -2.31. The third-order valence-corrected chi connectivity index (χ3v) is 5.56. The summed E-state index contributed by atoms with van der Waals surface area (Å²) in [6.07, 6.45) is 3.27. The van der Waals surface area contributed by atoms with Gasteiger partial charge in [-0.2, -0.15) is 0 Å². The highest BCUT2D eigenvalue weighted by atomic mass is 32.2. The molecule has 0 radical (unpaired) electrons. The third-order valence-electron chi connectivity index (χ3n) is 4.24. The number of rotatable bonds is 5. The van der Waals surface area contributed by atoms with Gasteiger partial charge < -0.3 is 0 Å². The molecule has 2 aromatic rings. The van der Waals surface area contributed by atoms with Gasteiger partial charge in [0.05, 0.1) is 5.75 Å². The molecule has 1 unspecified atom stereocenters. The molecule has 0 amide bonds. The summed E-state index contributed by atoms with van der Waals surface area (Å²) in [6.45, 7) is 0.492. The van der Waals surface area contributed by atoms with Crippen LogP contribution in [0.5, 0.6) is 0 Å². The van der Waals surface area contributed by atoms with E-state index in [-0.39, 0.29) is 11.7 Å². The molecular formula is C18H21NO2S. The lowest BCUT2D eigenvalue weighted by Gasteiger charge is -2.25. The van der Waals surface area contributed by atoms with Crippen LogP contribution in [0.25, 0.3) is 0 Å². The van der Waals surface area contributed by atoms with E-state index in [4.69, 9.17) is 0 Å². The molecule has 0 saturated carbocycles. The van der Waals surface area contributed by atoms with Crippen LogP contribution in [0, 0.1) is 0 Å². The lowest BCUT2D eigenvalue weighted by atomic mass is 9.83. The second kappa shape index (κ2) is 6.63. The average molecular weight is 315 g/mol. The van der Waals surface area contributed by atoms with Crippen molar-refractivity contribution in [1.29, 1.82) is 0 Å². The van der Waals surface area contributed by atoms with Gasteiger partial charge in [0.25, 0.3) is 0 Å². The topological polar surface area (TPSA) is 46.2 Å². The fourth-order valence-electron chi connectivity index (χ4n) is 3.14. The predicted octanol–water partition coefficient (Wildman–Crippen LogP) is 3.23. The van der Waals surface area contributed by atoms with Crippen LogP contribution in [-0.4, -0.2) is 15.0 Å². The molecule has 22 heavy (non-hydrogen) atoms. The zero-order chi connectivity index (χ0) is 15.4. The normalized spacial score (nSPS) is 17.9. The SMILES string of the molecule is O=S(=O)(Cc1ccccc1)NCC1CCCc2ccccc21. The summed E-state index contributed by atoms with van der Waals surface area (Å²) in [4.78, 5) is 0. The van der Waals surface area contributed by atoms with E-state index in [1.807, 2.05) is 36.4 Å². The number of hydrogen-bond donors (Lipinski definition) is 1. The molecule has 0 saturated heterocycles. The van der Waals surface area contributed by atoms with Gasteiger partial charge in [-0.1, -0.05) is 54.6 Å². The molecule has 1 aliphatic rings. The first kappa shape index (κ1) is 15.3. The zero-order valence-electron chi connectivity index (χ0n) is 12.5. The van der Waals surface area contributed by atoms with Crippen molar-refractivity contribution in [3.8, 4) is 0 Å². The van der Waals surface area contributed by atoms with Gasteiger partial charge in [0.15, 0.2) is 0 Å². The second-order valence-electron chi connectivity index (χ2n) is 5.88. The van der Waals surface area contributed by atoms with Gasteiger partial charge in [0, 0.05) is 6.54 Å². The van der Waals surface area contributed by atoms with Crippen molar-refractivity contribution in [3.63, 3.8) is 0 Å². The predicted molar refractivity (Wildman–Crippen MR) is 89.2 cm³/mol.